The topological polar surface area (TPSA) is 64.8 Å². The summed E-state index contributed by atoms with van der Waals surface area (Å²) in [4.78, 5) is 20.0. The number of rotatable bonds is 6. The van der Waals surface area contributed by atoms with Gasteiger partial charge in [0.1, 0.15) is 0 Å². The number of ether oxygens (including phenoxy) is 2. The number of anilines is 1. The van der Waals surface area contributed by atoms with Gasteiger partial charge in [0, 0.05) is 16.5 Å². The van der Waals surface area contributed by atoms with Crippen molar-refractivity contribution in [3.8, 4) is 5.75 Å². The summed E-state index contributed by atoms with van der Waals surface area (Å²) in [5, 5.41) is 1.47. The first-order valence-corrected chi connectivity index (χ1v) is 11.9. The summed E-state index contributed by atoms with van der Waals surface area (Å²) in [5.74, 6) is 0.669. The van der Waals surface area contributed by atoms with Gasteiger partial charge in [0.05, 0.1) is 29.5 Å². The molecule has 3 heterocycles. The monoisotopic (exact) mass is 500 g/mol. The maximum Gasteiger partial charge on any atom is 0.295 e. The van der Waals surface area contributed by atoms with Gasteiger partial charge in [-0.1, -0.05) is 39.4 Å². The van der Waals surface area contributed by atoms with Crippen molar-refractivity contribution in [1.29, 1.82) is 0 Å². The van der Waals surface area contributed by atoms with E-state index in [-0.39, 0.29) is 17.8 Å². The molecule has 1 unspecified atom stereocenters. The van der Waals surface area contributed by atoms with Crippen molar-refractivity contribution in [2.75, 3.05) is 24.7 Å². The molecule has 1 saturated heterocycles. The minimum absolute atomic E-state index is 0.00828. The normalized spacial score (nSPS) is 16.3. The number of nitrogens with zero attached hydrogens (tertiary/aromatic N) is 2. The number of halogens is 1. The Morgan fingerprint density at radius 3 is 3.03 bits per heavy atom. The number of carbonyl (C=O) groups excluding carboxylic acids is 1. The van der Waals surface area contributed by atoms with Crippen LogP contribution in [-0.4, -0.2) is 36.8 Å². The maximum absolute atomic E-state index is 13.6. The van der Waals surface area contributed by atoms with Gasteiger partial charge in [-0.2, -0.15) is 0 Å². The fourth-order valence-electron chi connectivity index (χ4n) is 3.79. The Balaban J connectivity index is 1.54. The molecular formula is C23H21BrN2O4S. The molecule has 160 valence electrons. The third kappa shape index (κ3) is 4.07. The number of fused-ring (bicyclic) bond motifs is 2. The number of amides is 1. The van der Waals surface area contributed by atoms with Crippen LogP contribution >= 0.6 is 27.3 Å². The summed E-state index contributed by atoms with van der Waals surface area (Å²) < 4.78 is 19.5. The Bertz CT molecular complexity index is 1250. The molecule has 8 heteroatoms. The SMILES string of the molecule is CCOc1cccc2cc(C(=O)N(CC3CCCO3)c3nc4ccc(Br)cc4s3)oc12. The predicted molar refractivity (Wildman–Crippen MR) is 125 cm³/mol. The summed E-state index contributed by atoms with van der Waals surface area (Å²) >= 11 is 4.99. The van der Waals surface area contributed by atoms with E-state index in [9.17, 15) is 4.79 Å². The van der Waals surface area contributed by atoms with E-state index in [1.165, 1.54) is 11.3 Å². The third-order valence-electron chi connectivity index (χ3n) is 5.24. The van der Waals surface area contributed by atoms with Gasteiger partial charge in [-0.05, 0) is 50.1 Å². The summed E-state index contributed by atoms with van der Waals surface area (Å²) in [6.45, 7) is 3.61. The van der Waals surface area contributed by atoms with Crippen LogP contribution in [0.5, 0.6) is 5.75 Å². The lowest BCUT2D eigenvalue weighted by Crippen LogP contribution is -2.37. The molecule has 4 aromatic rings. The van der Waals surface area contributed by atoms with E-state index in [1.807, 2.05) is 43.3 Å². The molecule has 2 aromatic carbocycles. The van der Waals surface area contributed by atoms with Crippen LogP contribution in [0, 0.1) is 0 Å². The Hall–Kier alpha value is -2.42. The van der Waals surface area contributed by atoms with Gasteiger partial charge in [-0.3, -0.25) is 9.69 Å². The number of hydrogen-bond acceptors (Lipinski definition) is 6. The van der Waals surface area contributed by atoms with Gasteiger partial charge < -0.3 is 13.9 Å². The molecule has 0 spiro atoms. The standard InChI is InChI=1S/C23H21BrN2O4S/c1-2-28-18-7-3-5-14-11-19(30-21(14)18)22(27)26(13-16-6-4-10-29-16)23-25-17-9-8-15(24)12-20(17)31-23/h3,5,7-9,11-12,16H,2,4,6,10,13H2,1H3. The molecule has 2 aromatic heterocycles. The van der Waals surface area contributed by atoms with Crippen molar-refractivity contribution >= 4 is 59.5 Å². The molecule has 5 rings (SSSR count). The largest absolute Gasteiger partial charge is 0.490 e. The van der Waals surface area contributed by atoms with Crippen molar-refractivity contribution in [2.24, 2.45) is 0 Å². The molecule has 6 nitrogen and oxygen atoms in total. The zero-order valence-corrected chi connectivity index (χ0v) is 19.4. The minimum Gasteiger partial charge on any atom is -0.490 e. The molecule has 0 saturated carbocycles. The first-order chi connectivity index (χ1) is 15.1. The Morgan fingerprint density at radius 1 is 1.32 bits per heavy atom. The number of benzene rings is 2. The van der Waals surface area contributed by atoms with Gasteiger partial charge >= 0.3 is 0 Å². The summed E-state index contributed by atoms with van der Waals surface area (Å²) in [6.07, 6.45) is 1.92. The van der Waals surface area contributed by atoms with Gasteiger partial charge in [-0.25, -0.2) is 4.98 Å². The molecule has 1 fully saturated rings. The molecule has 1 aliphatic heterocycles. The van der Waals surface area contributed by atoms with Crippen molar-refractivity contribution in [3.63, 3.8) is 0 Å². The molecule has 1 amide bonds. The van der Waals surface area contributed by atoms with Crippen LogP contribution in [0.15, 0.2) is 51.4 Å². The lowest BCUT2D eigenvalue weighted by molar-refractivity contribution is 0.0896. The highest BCUT2D eigenvalue weighted by Gasteiger charge is 2.29. The number of hydrogen-bond donors (Lipinski definition) is 0. The fraction of sp³-hybridized carbons (Fsp3) is 0.304. The molecule has 31 heavy (non-hydrogen) atoms. The lowest BCUT2D eigenvalue weighted by atomic mass is 10.2. The molecule has 0 aliphatic carbocycles. The average Bonchev–Trinajstić information content (AvgIpc) is 3.50. The second-order valence-corrected chi connectivity index (χ2v) is 9.30. The van der Waals surface area contributed by atoms with Gasteiger partial charge in [-0.15, -0.1) is 0 Å². The molecule has 0 radical (unpaired) electrons. The van der Waals surface area contributed by atoms with Gasteiger partial charge in [0.15, 0.2) is 22.2 Å². The van der Waals surface area contributed by atoms with Crippen molar-refractivity contribution in [2.45, 2.75) is 25.9 Å². The average molecular weight is 501 g/mol. The minimum atomic E-state index is -0.229. The molecule has 1 atom stereocenters. The van der Waals surface area contributed by atoms with Crippen LogP contribution in [0.1, 0.15) is 30.3 Å². The van der Waals surface area contributed by atoms with Crippen molar-refractivity contribution < 1.29 is 18.7 Å². The quantitative estimate of drug-likeness (QED) is 0.323. The number of aromatic nitrogens is 1. The van der Waals surface area contributed by atoms with Crippen molar-refractivity contribution in [3.05, 3.63) is 52.7 Å². The maximum atomic E-state index is 13.6. The highest BCUT2D eigenvalue weighted by atomic mass is 79.9. The summed E-state index contributed by atoms with van der Waals surface area (Å²) in [6, 6.07) is 13.3. The van der Waals surface area contributed by atoms with E-state index < -0.39 is 0 Å². The Labute approximate surface area is 191 Å². The second-order valence-electron chi connectivity index (χ2n) is 7.38. The third-order valence-corrected chi connectivity index (χ3v) is 6.78. The van der Waals surface area contributed by atoms with E-state index in [0.29, 0.717) is 29.6 Å². The zero-order valence-electron chi connectivity index (χ0n) is 17.0. The Kier molecular flexibility index (Phi) is 5.69. The van der Waals surface area contributed by atoms with Crippen LogP contribution in [0.3, 0.4) is 0 Å². The summed E-state index contributed by atoms with van der Waals surface area (Å²) in [5.41, 5.74) is 1.44. The number of furan rings is 1. The predicted octanol–water partition coefficient (Wildman–Crippen LogP) is 6.03. The van der Waals surface area contributed by atoms with E-state index in [4.69, 9.17) is 18.9 Å². The molecule has 1 aliphatic rings. The van der Waals surface area contributed by atoms with Crippen LogP contribution in [0.4, 0.5) is 5.13 Å². The smallest absolute Gasteiger partial charge is 0.295 e. The van der Waals surface area contributed by atoms with Crippen molar-refractivity contribution in [1.82, 2.24) is 4.98 Å². The highest BCUT2D eigenvalue weighted by Crippen LogP contribution is 2.34. The van der Waals surface area contributed by atoms with Crippen LogP contribution in [0.25, 0.3) is 21.2 Å². The second kappa shape index (κ2) is 8.61. The molecule has 0 bridgehead atoms. The molecule has 0 N–H and O–H groups in total. The van der Waals surface area contributed by atoms with E-state index >= 15 is 0 Å². The Morgan fingerprint density at radius 2 is 2.23 bits per heavy atom. The van der Waals surface area contributed by atoms with Gasteiger partial charge in [0.2, 0.25) is 0 Å². The first-order valence-electron chi connectivity index (χ1n) is 10.3. The van der Waals surface area contributed by atoms with Gasteiger partial charge in [0.25, 0.3) is 5.91 Å². The first kappa shape index (κ1) is 20.5. The van der Waals surface area contributed by atoms with Crippen LogP contribution < -0.4 is 9.64 Å². The number of carbonyl (C=O) groups is 1. The highest BCUT2D eigenvalue weighted by molar-refractivity contribution is 9.10. The van der Waals surface area contributed by atoms with Crippen LogP contribution in [-0.2, 0) is 4.74 Å². The zero-order chi connectivity index (χ0) is 21.4. The van der Waals surface area contributed by atoms with E-state index in [0.717, 1.165) is 39.5 Å². The number of para-hydroxylation sites is 1. The van der Waals surface area contributed by atoms with Crippen LogP contribution in [0.2, 0.25) is 0 Å². The lowest BCUT2D eigenvalue weighted by Gasteiger charge is -2.22. The van der Waals surface area contributed by atoms with E-state index in [1.54, 1.807) is 11.0 Å². The van der Waals surface area contributed by atoms with E-state index in [2.05, 4.69) is 15.9 Å². The molecular weight excluding hydrogens is 480 g/mol. The number of thiazole rings is 1. The summed E-state index contributed by atoms with van der Waals surface area (Å²) in [7, 11) is 0. The fourth-order valence-corrected chi connectivity index (χ4v) is 5.31.